The van der Waals surface area contributed by atoms with Crippen LogP contribution in [0.3, 0.4) is 0 Å². The van der Waals surface area contributed by atoms with Crippen molar-refractivity contribution in [3.05, 3.63) is 27.9 Å². The average molecular weight is 253 g/mol. The number of rotatable bonds is 4. The quantitative estimate of drug-likeness (QED) is 0.530. The molecule has 0 amide bonds. The highest BCUT2D eigenvalue weighted by atomic mass is 16.6. The Morgan fingerprint density at radius 3 is 2.72 bits per heavy atom. The Morgan fingerprint density at radius 1 is 1.56 bits per heavy atom. The van der Waals surface area contributed by atoms with Crippen LogP contribution >= 0.6 is 0 Å². The minimum atomic E-state index is -1.27. The number of nitrogens with zero attached hydrogens (tertiary/aromatic N) is 2. The van der Waals surface area contributed by atoms with Crippen molar-refractivity contribution in [2.45, 2.75) is 25.0 Å². The monoisotopic (exact) mass is 253 g/mol. The summed E-state index contributed by atoms with van der Waals surface area (Å²) in [6, 6.07) is 0.897. The first-order valence-corrected chi connectivity index (χ1v) is 5.29. The molecular formula is C10H11N3O5. The van der Waals surface area contributed by atoms with Crippen molar-refractivity contribution >= 4 is 17.5 Å². The minimum Gasteiger partial charge on any atom is -0.478 e. The summed E-state index contributed by atoms with van der Waals surface area (Å²) in [6.45, 7) is 0. The second kappa shape index (κ2) is 4.57. The number of pyridine rings is 1. The highest BCUT2D eigenvalue weighted by molar-refractivity contribution is 5.88. The van der Waals surface area contributed by atoms with E-state index in [2.05, 4.69) is 10.3 Å². The van der Waals surface area contributed by atoms with Gasteiger partial charge in [-0.15, -0.1) is 0 Å². The van der Waals surface area contributed by atoms with Gasteiger partial charge in [-0.25, -0.2) is 9.78 Å². The van der Waals surface area contributed by atoms with Crippen molar-refractivity contribution in [1.29, 1.82) is 0 Å². The van der Waals surface area contributed by atoms with Gasteiger partial charge < -0.3 is 15.5 Å². The molecule has 3 N–H and O–H groups in total. The number of hydrogen-bond donors (Lipinski definition) is 3. The number of carbonyl (C=O) groups is 1. The summed E-state index contributed by atoms with van der Waals surface area (Å²) in [5, 5.41) is 31.5. The zero-order valence-electron chi connectivity index (χ0n) is 9.24. The third kappa shape index (κ3) is 2.38. The Hall–Kier alpha value is -2.22. The van der Waals surface area contributed by atoms with Crippen LogP contribution in [0.25, 0.3) is 0 Å². The lowest BCUT2D eigenvalue weighted by Crippen LogP contribution is -2.39. The van der Waals surface area contributed by atoms with Crippen molar-refractivity contribution in [3.8, 4) is 0 Å². The van der Waals surface area contributed by atoms with Gasteiger partial charge in [-0.1, -0.05) is 0 Å². The van der Waals surface area contributed by atoms with E-state index in [1.165, 1.54) is 0 Å². The number of aliphatic hydroxyl groups excluding tert-OH is 1. The van der Waals surface area contributed by atoms with Gasteiger partial charge in [-0.3, -0.25) is 10.1 Å². The van der Waals surface area contributed by atoms with Crippen LogP contribution in [-0.2, 0) is 0 Å². The van der Waals surface area contributed by atoms with Crippen molar-refractivity contribution < 1.29 is 19.9 Å². The van der Waals surface area contributed by atoms with Gasteiger partial charge in [0.2, 0.25) is 5.82 Å². The maximum absolute atomic E-state index is 10.8. The number of nitrogens with one attached hydrogen (secondary N) is 1. The summed E-state index contributed by atoms with van der Waals surface area (Å²) in [5.41, 5.74) is -0.614. The van der Waals surface area contributed by atoms with Gasteiger partial charge in [0, 0.05) is 18.3 Å². The number of anilines is 1. The van der Waals surface area contributed by atoms with Crippen LogP contribution < -0.4 is 5.32 Å². The number of carboxylic acids is 1. The fourth-order valence-corrected chi connectivity index (χ4v) is 1.72. The van der Waals surface area contributed by atoms with Crippen molar-refractivity contribution in [1.82, 2.24) is 4.98 Å². The summed E-state index contributed by atoms with van der Waals surface area (Å²) in [7, 11) is 0. The predicted molar refractivity (Wildman–Crippen MR) is 60.5 cm³/mol. The van der Waals surface area contributed by atoms with Crippen molar-refractivity contribution in [3.63, 3.8) is 0 Å². The predicted octanol–water partition coefficient (Wildman–Crippen LogP) is 0.623. The smallest absolute Gasteiger partial charge is 0.337 e. The maximum atomic E-state index is 10.8. The molecule has 0 radical (unpaired) electrons. The molecule has 18 heavy (non-hydrogen) atoms. The number of hydrogen-bond acceptors (Lipinski definition) is 6. The molecule has 2 rings (SSSR count). The molecule has 1 saturated carbocycles. The summed E-state index contributed by atoms with van der Waals surface area (Å²) < 4.78 is 0. The standard InChI is InChI=1S/C10H11N3O5/c14-7-2-6(3-7)12-9-8(13(17)18)1-5(4-11-9)10(15)16/h1,4,6-7,14H,2-3H2,(H,11,12)(H,15,16). The molecule has 0 aromatic carbocycles. The molecule has 0 spiro atoms. The van der Waals surface area contributed by atoms with E-state index in [9.17, 15) is 14.9 Å². The molecule has 1 aliphatic rings. The molecule has 96 valence electrons. The van der Waals surface area contributed by atoms with E-state index in [0.29, 0.717) is 12.8 Å². The third-order valence-corrected chi connectivity index (χ3v) is 2.77. The molecule has 8 heteroatoms. The Bertz CT molecular complexity index is 498. The number of aromatic carboxylic acids is 1. The van der Waals surface area contributed by atoms with Crippen LogP contribution in [0, 0.1) is 10.1 Å². The molecule has 1 fully saturated rings. The fraction of sp³-hybridized carbons (Fsp3) is 0.400. The zero-order chi connectivity index (χ0) is 13.3. The number of aliphatic hydroxyl groups is 1. The van der Waals surface area contributed by atoms with Gasteiger partial charge in [0.05, 0.1) is 16.6 Å². The van der Waals surface area contributed by atoms with E-state index < -0.39 is 10.9 Å². The topological polar surface area (TPSA) is 126 Å². The summed E-state index contributed by atoms with van der Waals surface area (Å²) in [6.07, 6.45) is 1.67. The van der Waals surface area contributed by atoms with Crippen molar-refractivity contribution in [2.24, 2.45) is 0 Å². The summed E-state index contributed by atoms with van der Waals surface area (Å²) >= 11 is 0. The first-order valence-electron chi connectivity index (χ1n) is 5.29. The highest BCUT2D eigenvalue weighted by Gasteiger charge is 2.29. The van der Waals surface area contributed by atoms with Gasteiger partial charge in [0.1, 0.15) is 0 Å². The Morgan fingerprint density at radius 2 is 2.22 bits per heavy atom. The molecule has 0 atom stereocenters. The zero-order valence-corrected chi connectivity index (χ0v) is 9.24. The Labute approximate surface area is 101 Å². The van der Waals surface area contributed by atoms with Gasteiger partial charge >= 0.3 is 11.7 Å². The first-order chi connectivity index (χ1) is 8.47. The van der Waals surface area contributed by atoms with Gasteiger partial charge in [0.15, 0.2) is 0 Å². The van der Waals surface area contributed by atoms with Crippen molar-refractivity contribution in [2.75, 3.05) is 5.32 Å². The Balaban J connectivity index is 2.23. The van der Waals surface area contributed by atoms with E-state index in [4.69, 9.17) is 10.2 Å². The normalized spacial score (nSPS) is 22.1. The highest BCUT2D eigenvalue weighted by Crippen LogP contribution is 2.28. The minimum absolute atomic E-state index is 0.0295. The van der Waals surface area contributed by atoms with Crippen LogP contribution in [-0.4, -0.2) is 38.2 Å². The molecule has 0 bridgehead atoms. The van der Waals surface area contributed by atoms with Crippen LogP contribution in [0.2, 0.25) is 0 Å². The van der Waals surface area contributed by atoms with Crippen LogP contribution in [0.5, 0.6) is 0 Å². The molecule has 8 nitrogen and oxygen atoms in total. The Kier molecular flexibility index (Phi) is 3.11. The second-order valence-electron chi connectivity index (χ2n) is 4.12. The fourth-order valence-electron chi connectivity index (χ4n) is 1.72. The molecule has 0 unspecified atom stereocenters. The van der Waals surface area contributed by atoms with Crippen LogP contribution in [0.15, 0.2) is 12.3 Å². The molecule has 1 aromatic heterocycles. The van der Waals surface area contributed by atoms with E-state index in [1.807, 2.05) is 0 Å². The van der Waals surface area contributed by atoms with Gasteiger partial charge in [0.25, 0.3) is 0 Å². The number of nitro groups is 1. The number of aromatic nitrogens is 1. The van der Waals surface area contributed by atoms with Crippen LogP contribution in [0.4, 0.5) is 11.5 Å². The summed E-state index contributed by atoms with van der Waals surface area (Å²) in [4.78, 5) is 24.6. The molecule has 1 heterocycles. The average Bonchev–Trinajstić information content (AvgIpc) is 2.26. The molecule has 0 saturated heterocycles. The third-order valence-electron chi connectivity index (χ3n) is 2.77. The first kappa shape index (κ1) is 12.2. The number of carboxylic acid groups (broad SMARTS) is 1. The lowest BCUT2D eigenvalue weighted by Gasteiger charge is -2.32. The van der Waals surface area contributed by atoms with E-state index in [1.54, 1.807) is 0 Å². The molecule has 1 aromatic rings. The molecule has 1 aliphatic carbocycles. The lowest BCUT2D eigenvalue weighted by molar-refractivity contribution is -0.384. The maximum Gasteiger partial charge on any atom is 0.337 e. The SMILES string of the molecule is O=C(O)c1cnc(NC2CC(O)C2)c([N+](=O)[O-])c1. The largest absolute Gasteiger partial charge is 0.478 e. The van der Waals surface area contributed by atoms with E-state index >= 15 is 0 Å². The van der Waals surface area contributed by atoms with Gasteiger partial charge in [-0.05, 0) is 12.8 Å². The molecular weight excluding hydrogens is 242 g/mol. The van der Waals surface area contributed by atoms with Crippen LogP contribution in [0.1, 0.15) is 23.2 Å². The summed E-state index contributed by atoms with van der Waals surface area (Å²) in [5.74, 6) is -1.24. The second-order valence-corrected chi connectivity index (χ2v) is 4.12. The lowest BCUT2D eigenvalue weighted by atomic mass is 9.89. The van der Waals surface area contributed by atoms with E-state index in [0.717, 1.165) is 12.3 Å². The van der Waals surface area contributed by atoms with E-state index in [-0.39, 0.29) is 29.2 Å². The van der Waals surface area contributed by atoms with Gasteiger partial charge in [-0.2, -0.15) is 0 Å². The molecule has 0 aliphatic heterocycles.